The van der Waals surface area contributed by atoms with Crippen LogP contribution in [-0.4, -0.2) is 75.2 Å². The molecule has 1 unspecified atom stereocenters. The van der Waals surface area contributed by atoms with Gasteiger partial charge in [0.1, 0.15) is 0 Å². The molecule has 0 spiro atoms. The van der Waals surface area contributed by atoms with Gasteiger partial charge in [0.2, 0.25) is 0 Å². The molecule has 0 amide bonds. The van der Waals surface area contributed by atoms with Crippen molar-refractivity contribution >= 4 is 41.5 Å². The molecule has 1 fully saturated rings. The van der Waals surface area contributed by atoms with Gasteiger partial charge in [-0.3, -0.25) is 4.99 Å². The first kappa shape index (κ1) is 27.5. The SMILES string of the molecule is CCN1CCN(CC(C)CNC(=NC)NCC(C)(C)Cc2cccc(Cl)c2)CC1.I. The van der Waals surface area contributed by atoms with Gasteiger partial charge in [-0.25, -0.2) is 0 Å². The molecule has 1 aromatic carbocycles. The number of likely N-dealkylation sites (N-methyl/N-ethyl adjacent to an activating group) is 1. The van der Waals surface area contributed by atoms with Crippen LogP contribution in [0.3, 0.4) is 0 Å². The van der Waals surface area contributed by atoms with Gasteiger partial charge >= 0.3 is 0 Å². The summed E-state index contributed by atoms with van der Waals surface area (Å²) in [6.45, 7) is 18.0. The van der Waals surface area contributed by atoms with Gasteiger partial charge in [0.25, 0.3) is 0 Å². The van der Waals surface area contributed by atoms with E-state index in [2.05, 4.69) is 65.3 Å². The van der Waals surface area contributed by atoms with Crippen LogP contribution in [0.15, 0.2) is 29.3 Å². The van der Waals surface area contributed by atoms with Gasteiger partial charge in [-0.05, 0) is 42.0 Å². The summed E-state index contributed by atoms with van der Waals surface area (Å²) in [6.07, 6.45) is 0.970. The highest BCUT2D eigenvalue weighted by Gasteiger charge is 2.20. The number of rotatable bonds is 9. The van der Waals surface area contributed by atoms with Crippen LogP contribution in [0.5, 0.6) is 0 Å². The summed E-state index contributed by atoms with van der Waals surface area (Å²) in [5.74, 6) is 1.47. The van der Waals surface area contributed by atoms with E-state index < -0.39 is 0 Å². The highest BCUT2D eigenvalue weighted by Crippen LogP contribution is 2.22. The molecule has 1 atom stereocenters. The summed E-state index contributed by atoms with van der Waals surface area (Å²) in [7, 11) is 1.84. The van der Waals surface area contributed by atoms with Gasteiger partial charge in [-0.15, -0.1) is 24.0 Å². The Morgan fingerprint density at radius 1 is 1.17 bits per heavy atom. The van der Waals surface area contributed by atoms with Crippen LogP contribution < -0.4 is 10.6 Å². The number of nitrogens with one attached hydrogen (secondary N) is 2. The molecule has 2 rings (SSSR count). The number of hydrogen-bond acceptors (Lipinski definition) is 3. The maximum absolute atomic E-state index is 6.13. The van der Waals surface area contributed by atoms with E-state index in [1.807, 2.05) is 19.2 Å². The summed E-state index contributed by atoms with van der Waals surface area (Å²) in [5, 5.41) is 7.81. The molecule has 0 radical (unpaired) electrons. The molecular formula is C23H41ClIN5. The van der Waals surface area contributed by atoms with Crippen molar-refractivity contribution in [3.05, 3.63) is 34.9 Å². The molecule has 30 heavy (non-hydrogen) atoms. The van der Waals surface area contributed by atoms with Gasteiger partial charge in [-0.2, -0.15) is 0 Å². The average molecular weight is 550 g/mol. The summed E-state index contributed by atoms with van der Waals surface area (Å²) in [5.41, 5.74) is 1.37. The Labute approximate surface area is 206 Å². The van der Waals surface area contributed by atoms with E-state index in [9.17, 15) is 0 Å². The third kappa shape index (κ3) is 10.2. The second-order valence-electron chi connectivity index (χ2n) is 9.12. The van der Waals surface area contributed by atoms with Crippen molar-refractivity contribution in [2.75, 3.05) is 59.4 Å². The lowest BCUT2D eigenvalue weighted by molar-refractivity contribution is 0.124. The Balaban J connectivity index is 0.00000450. The Morgan fingerprint density at radius 3 is 2.43 bits per heavy atom. The second-order valence-corrected chi connectivity index (χ2v) is 9.55. The lowest BCUT2D eigenvalue weighted by Gasteiger charge is -2.35. The molecule has 1 aliphatic heterocycles. The number of halogens is 2. The molecule has 5 nitrogen and oxygen atoms in total. The zero-order valence-electron chi connectivity index (χ0n) is 19.4. The monoisotopic (exact) mass is 549 g/mol. The van der Waals surface area contributed by atoms with E-state index in [-0.39, 0.29) is 29.4 Å². The third-order valence-corrected chi connectivity index (χ3v) is 5.86. The molecule has 1 saturated heterocycles. The van der Waals surface area contributed by atoms with Crippen LogP contribution in [0.2, 0.25) is 5.02 Å². The van der Waals surface area contributed by atoms with Crippen LogP contribution in [0.4, 0.5) is 0 Å². The molecule has 172 valence electrons. The smallest absolute Gasteiger partial charge is 0.191 e. The fourth-order valence-electron chi connectivity index (χ4n) is 3.87. The van der Waals surface area contributed by atoms with Gasteiger partial charge in [0.15, 0.2) is 5.96 Å². The first-order chi connectivity index (χ1) is 13.8. The third-order valence-electron chi connectivity index (χ3n) is 5.63. The van der Waals surface area contributed by atoms with Crippen molar-refractivity contribution in [3.8, 4) is 0 Å². The molecule has 1 aromatic rings. The minimum Gasteiger partial charge on any atom is -0.356 e. The quantitative estimate of drug-likeness (QED) is 0.278. The highest BCUT2D eigenvalue weighted by atomic mass is 127. The predicted molar refractivity (Wildman–Crippen MR) is 141 cm³/mol. The summed E-state index contributed by atoms with van der Waals surface area (Å²) in [4.78, 5) is 9.52. The fourth-order valence-corrected chi connectivity index (χ4v) is 4.08. The normalized spacial score (nSPS) is 17.3. The van der Waals surface area contributed by atoms with E-state index in [0.717, 1.165) is 37.0 Å². The topological polar surface area (TPSA) is 42.9 Å². The molecular weight excluding hydrogens is 509 g/mol. The highest BCUT2D eigenvalue weighted by molar-refractivity contribution is 14.0. The zero-order chi connectivity index (χ0) is 21.3. The van der Waals surface area contributed by atoms with Crippen LogP contribution in [0, 0.1) is 11.3 Å². The first-order valence-electron chi connectivity index (χ1n) is 10.9. The molecule has 0 bridgehead atoms. The summed E-state index contributed by atoms with van der Waals surface area (Å²) in [6, 6.07) is 8.14. The maximum Gasteiger partial charge on any atom is 0.191 e. The van der Waals surface area contributed by atoms with Crippen molar-refractivity contribution in [1.29, 1.82) is 0 Å². The average Bonchev–Trinajstić information content (AvgIpc) is 2.68. The molecule has 7 heteroatoms. The standard InChI is InChI=1S/C23H40ClN5.HI/c1-6-28-10-12-29(13-11-28)17-19(2)16-26-22(25-5)27-18-23(3,4)15-20-8-7-9-21(24)14-20;/h7-9,14,19H,6,10-13,15-18H2,1-5H3,(H2,25,26,27);1H. The molecule has 0 aliphatic carbocycles. The minimum absolute atomic E-state index is 0. The van der Waals surface area contributed by atoms with Crippen molar-refractivity contribution in [2.45, 2.75) is 34.1 Å². The minimum atomic E-state index is 0. The van der Waals surface area contributed by atoms with Crippen LogP contribution in [0.1, 0.15) is 33.3 Å². The van der Waals surface area contributed by atoms with Gasteiger partial charge in [0, 0.05) is 57.9 Å². The summed E-state index contributed by atoms with van der Waals surface area (Å²) < 4.78 is 0. The lowest BCUT2D eigenvalue weighted by atomic mass is 9.86. The van der Waals surface area contributed by atoms with Crippen molar-refractivity contribution in [2.24, 2.45) is 16.3 Å². The lowest BCUT2D eigenvalue weighted by Crippen LogP contribution is -2.49. The summed E-state index contributed by atoms with van der Waals surface area (Å²) >= 11 is 6.13. The van der Waals surface area contributed by atoms with E-state index in [1.165, 1.54) is 38.3 Å². The van der Waals surface area contributed by atoms with Gasteiger partial charge in [0.05, 0.1) is 0 Å². The van der Waals surface area contributed by atoms with E-state index in [0.29, 0.717) is 5.92 Å². The zero-order valence-corrected chi connectivity index (χ0v) is 22.5. The Morgan fingerprint density at radius 2 is 1.83 bits per heavy atom. The van der Waals surface area contributed by atoms with E-state index >= 15 is 0 Å². The van der Waals surface area contributed by atoms with Gasteiger partial charge < -0.3 is 20.4 Å². The van der Waals surface area contributed by atoms with Crippen molar-refractivity contribution in [3.63, 3.8) is 0 Å². The first-order valence-corrected chi connectivity index (χ1v) is 11.3. The molecule has 1 aliphatic rings. The van der Waals surface area contributed by atoms with Crippen LogP contribution >= 0.6 is 35.6 Å². The Bertz CT molecular complexity index is 644. The Hall–Kier alpha value is -0.570. The van der Waals surface area contributed by atoms with E-state index in [4.69, 9.17) is 11.6 Å². The Kier molecular flexibility index (Phi) is 12.6. The maximum atomic E-state index is 6.13. The number of benzene rings is 1. The number of guanidine groups is 1. The number of nitrogens with zero attached hydrogens (tertiary/aromatic N) is 3. The number of piperazine rings is 1. The molecule has 0 aromatic heterocycles. The number of hydrogen-bond donors (Lipinski definition) is 2. The molecule has 2 N–H and O–H groups in total. The fraction of sp³-hybridized carbons (Fsp3) is 0.696. The molecule has 0 saturated carbocycles. The van der Waals surface area contributed by atoms with E-state index in [1.54, 1.807) is 0 Å². The molecule has 1 heterocycles. The van der Waals surface area contributed by atoms with Gasteiger partial charge in [-0.1, -0.05) is 51.4 Å². The van der Waals surface area contributed by atoms with Crippen LogP contribution in [0.25, 0.3) is 0 Å². The van der Waals surface area contributed by atoms with Crippen molar-refractivity contribution in [1.82, 2.24) is 20.4 Å². The second kappa shape index (κ2) is 13.8. The predicted octanol–water partition coefficient (Wildman–Crippen LogP) is 3.97. The largest absolute Gasteiger partial charge is 0.356 e. The van der Waals surface area contributed by atoms with Crippen molar-refractivity contribution < 1.29 is 0 Å². The van der Waals surface area contributed by atoms with Crippen LogP contribution in [-0.2, 0) is 6.42 Å². The number of aliphatic imine (C=N–C) groups is 1.